The van der Waals surface area contributed by atoms with Crippen LogP contribution in [-0.2, 0) is 32.8 Å². The third-order valence-electron chi connectivity index (χ3n) is 7.63. The molecule has 2 atom stereocenters. The fourth-order valence-corrected chi connectivity index (χ4v) is 5.29. The van der Waals surface area contributed by atoms with E-state index in [-0.39, 0.29) is 18.7 Å². The van der Waals surface area contributed by atoms with Crippen LogP contribution in [0.5, 0.6) is 5.75 Å². The zero-order valence-corrected chi connectivity index (χ0v) is 22.9. The lowest BCUT2D eigenvalue weighted by Crippen LogP contribution is -2.67. The average Bonchev–Trinajstić information content (AvgIpc) is 3.42. The predicted molar refractivity (Wildman–Crippen MR) is 147 cm³/mol. The molecule has 2 heterocycles. The molecule has 9 nitrogen and oxygen atoms in total. The van der Waals surface area contributed by atoms with Gasteiger partial charge in [0.2, 0.25) is 5.91 Å². The number of unbranched alkanes of at least 4 members (excludes halogenated alkanes) is 1. The molecule has 1 aliphatic heterocycles. The number of aromatic nitrogens is 2. The van der Waals surface area contributed by atoms with Crippen molar-refractivity contribution in [2.24, 2.45) is 11.7 Å². The number of hydrogen-bond acceptors (Lipinski definition) is 6. The van der Waals surface area contributed by atoms with Gasteiger partial charge >= 0.3 is 0 Å². The van der Waals surface area contributed by atoms with Gasteiger partial charge in [-0.05, 0) is 48.6 Å². The summed E-state index contributed by atoms with van der Waals surface area (Å²) in [5.74, 6) is -1.78. The normalized spacial score (nSPS) is 16.7. The lowest BCUT2D eigenvalue weighted by molar-refractivity contribution is -0.184. The predicted octanol–water partition coefficient (Wildman–Crippen LogP) is 2.90. The first-order valence-electron chi connectivity index (χ1n) is 13.3. The van der Waals surface area contributed by atoms with Gasteiger partial charge < -0.3 is 30.2 Å². The molecule has 9 heteroatoms. The number of benzene rings is 2. The van der Waals surface area contributed by atoms with Crippen LogP contribution in [0.3, 0.4) is 0 Å². The van der Waals surface area contributed by atoms with Crippen molar-refractivity contribution in [3.05, 3.63) is 83.4 Å². The van der Waals surface area contributed by atoms with Crippen LogP contribution in [0.4, 0.5) is 0 Å². The van der Waals surface area contributed by atoms with E-state index in [1.165, 1.54) is 12.5 Å². The van der Waals surface area contributed by atoms with Gasteiger partial charge in [-0.25, -0.2) is 4.98 Å². The third kappa shape index (κ3) is 5.99. The molecule has 4 N–H and O–H groups in total. The molecule has 0 aliphatic carbocycles. The average molecular weight is 535 g/mol. The SMILES string of the molecule is CCCCOC1(c2ccccc2C)CN(C(=O)[C@H](Cc2ccc(OC)cc2)C(O)(Cc2cnc[nH]2)C(N)=O)C1. The summed E-state index contributed by atoms with van der Waals surface area (Å²) in [6.45, 7) is 5.35. The molecule has 1 fully saturated rings. The molecule has 0 spiro atoms. The summed E-state index contributed by atoms with van der Waals surface area (Å²) in [6.07, 6.45) is 4.82. The molecule has 2 amide bonds. The first-order chi connectivity index (χ1) is 18.7. The number of aryl methyl sites for hydroxylation is 1. The van der Waals surface area contributed by atoms with Crippen LogP contribution in [0.1, 0.15) is 42.1 Å². The highest BCUT2D eigenvalue weighted by atomic mass is 16.5. The Morgan fingerprint density at radius 2 is 1.92 bits per heavy atom. The van der Waals surface area contributed by atoms with Crippen LogP contribution in [0.2, 0.25) is 0 Å². The van der Waals surface area contributed by atoms with Crippen molar-refractivity contribution in [1.82, 2.24) is 14.9 Å². The molecule has 1 unspecified atom stereocenters. The number of likely N-dealkylation sites (tertiary alicyclic amines) is 1. The highest BCUT2D eigenvalue weighted by Crippen LogP contribution is 2.40. The lowest BCUT2D eigenvalue weighted by atomic mass is 9.76. The number of ether oxygens (including phenoxy) is 2. The molecule has 0 bridgehead atoms. The number of rotatable bonds is 13. The van der Waals surface area contributed by atoms with Gasteiger partial charge in [0.05, 0.1) is 32.4 Å². The maximum atomic E-state index is 14.1. The summed E-state index contributed by atoms with van der Waals surface area (Å²) >= 11 is 0. The van der Waals surface area contributed by atoms with E-state index in [2.05, 4.69) is 16.9 Å². The second-order valence-corrected chi connectivity index (χ2v) is 10.4. The van der Waals surface area contributed by atoms with Gasteiger partial charge in [-0.1, -0.05) is 49.7 Å². The van der Waals surface area contributed by atoms with E-state index in [0.29, 0.717) is 31.1 Å². The molecule has 39 heavy (non-hydrogen) atoms. The Bertz CT molecular complexity index is 1250. The van der Waals surface area contributed by atoms with Crippen LogP contribution < -0.4 is 10.5 Å². The minimum Gasteiger partial charge on any atom is -0.497 e. The number of hydrogen-bond donors (Lipinski definition) is 3. The maximum Gasteiger partial charge on any atom is 0.250 e. The molecule has 1 aliphatic rings. The van der Waals surface area contributed by atoms with Gasteiger partial charge in [0, 0.05) is 24.9 Å². The Balaban J connectivity index is 1.65. The number of methoxy groups -OCH3 is 1. The summed E-state index contributed by atoms with van der Waals surface area (Å²) in [5.41, 5.74) is 6.40. The van der Waals surface area contributed by atoms with Gasteiger partial charge in [-0.3, -0.25) is 9.59 Å². The molecule has 4 rings (SSSR count). The molecule has 1 aromatic heterocycles. The Labute approximate surface area is 229 Å². The van der Waals surface area contributed by atoms with Gasteiger partial charge in [0.1, 0.15) is 11.4 Å². The summed E-state index contributed by atoms with van der Waals surface area (Å²) in [4.78, 5) is 35.5. The van der Waals surface area contributed by atoms with Crippen molar-refractivity contribution >= 4 is 11.8 Å². The quantitative estimate of drug-likeness (QED) is 0.289. The summed E-state index contributed by atoms with van der Waals surface area (Å²) in [5, 5.41) is 11.8. The number of primary amides is 1. The third-order valence-corrected chi connectivity index (χ3v) is 7.63. The topological polar surface area (TPSA) is 131 Å². The second kappa shape index (κ2) is 12.0. The summed E-state index contributed by atoms with van der Waals surface area (Å²) in [6, 6.07) is 15.2. The largest absolute Gasteiger partial charge is 0.497 e. The van der Waals surface area contributed by atoms with Crippen LogP contribution in [-0.4, -0.2) is 64.2 Å². The van der Waals surface area contributed by atoms with E-state index >= 15 is 0 Å². The highest BCUT2D eigenvalue weighted by Gasteiger charge is 2.54. The number of aliphatic hydroxyl groups is 1. The van der Waals surface area contributed by atoms with E-state index in [9.17, 15) is 14.7 Å². The number of nitrogens with one attached hydrogen (secondary N) is 1. The molecular weight excluding hydrogens is 496 g/mol. The molecule has 0 saturated carbocycles. The number of amides is 2. The molecule has 208 valence electrons. The van der Waals surface area contributed by atoms with Crippen molar-refractivity contribution in [3.63, 3.8) is 0 Å². The van der Waals surface area contributed by atoms with E-state index < -0.39 is 23.0 Å². The van der Waals surface area contributed by atoms with E-state index in [0.717, 1.165) is 29.5 Å². The monoisotopic (exact) mass is 534 g/mol. The van der Waals surface area contributed by atoms with Gasteiger partial charge in [0.15, 0.2) is 5.60 Å². The van der Waals surface area contributed by atoms with E-state index in [4.69, 9.17) is 15.2 Å². The summed E-state index contributed by atoms with van der Waals surface area (Å²) < 4.78 is 11.7. The van der Waals surface area contributed by atoms with Crippen LogP contribution in [0, 0.1) is 12.8 Å². The van der Waals surface area contributed by atoms with Crippen molar-refractivity contribution in [1.29, 1.82) is 0 Å². The van der Waals surface area contributed by atoms with Gasteiger partial charge in [0.25, 0.3) is 5.91 Å². The molecular formula is C30H38N4O5. The molecule has 3 aromatic rings. The zero-order chi connectivity index (χ0) is 28.0. The first kappa shape index (κ1) is 28.3. The fourth-order valence-electron chi connectivity index (χ4n) is 5.29. The van der Waals surface area contributed by atoms with Crippen LogP contribution >= 0.6 is 0 Å². The molecule has 0 radical (unpaired) electrons. The number of carbonyl (C=O) groups is 2. The number of aromatic amines is 1. The van der Waals surface area contributed by atoms with Crippen molar-refractivity contribution in [3.8, 4) is 5.75 Å². The van der Waals surface area contributed by atoms with Crippen LogP contribution in [0.15, 0.2) is 61.1 Å². The highest BCUT2D eigenvalue weighted by molar-refractivity contribution is 5.92. The van der Waals surface area contributed by atoms with Gasteiger partial charge in [-0.2, -0.15) is 0 Å². The lowest BCUT2D eigenvalue weighted by Gasteiger charge is -2.52. The first-order valence-corrected chi connectivity index (χ1v) is 13.3. The molecule has 1 saturated heterocycles. The molecule has 2 aromatic carbocycles. The van der Waals surface area contributed by atoms with Crippen molar-refractivity contribution in [2.45, 2.75) is 50.7 Å². The van der Waals surface area contributed by atoms with Gasteiger partial charge in [-0.15, -0.1) is 0 Å². The minimum absolute atomic E-state index is 0.112. The van der Waals surface area contributed by atoms with Crippen molar-refractivity contribution < 1.29 is 24.2 Å². The number of carbonyl (C=O) groups excluding carboxylic acids is 2. The Morgan fingerprint density at radius 1 is 1.21 bits per heavy atom. The smallest absolute Gasteiger partial charge is 0.250 e. The minimum atomic E-state index is -2.15. The standard InChI is InChI=1S/C30H38N4O5/c1-4-5-14-39-29(25-9-7-6-8-21(25)2)18-34(19-29)27(35)26(15-22-10-12-24(38-3)13-11-22)30(37,28(31)36)16-23-17-32-20-33-23/h6-13,17,20,26,37H,4-5,14-16,18-19H2,1-3H3,(H2,31,36)(H,32,33)/t26-,30?/m0/s1. The van der Waals surface area contributed by atoms with Crippen LogP contribution in [0.25, 0.3) is 0 Å². The Hall–Kier alpha value is -3.69. The zero-order valence-electron chi connectivity index (χ0n) is 22.9. The van der Waals surface area contributed by atoms with Crippen molar-refractivity contribution in [2.75, 3.05) is 26.8 Å². The van der Waals surface area contributed by atoms with E-state index in [1.807, 2.05) is 43.3 Å². The number of H-pyrrole nitrogens is 1. The summed E-state index contributed by atoms with van der Waals surface area (Å²) in [7, 11) is 1.57. The fraction of sp³-hybridized carbons (Fsp3) is 0.433. The van der Waals surface area contributed by atoms with E-state index in [1.54, 1.807) is 24.1 Å². The number of nitrogens with two attached hydrogens (primary N) is 1. The number of imidazole rings is 1. The second-order valence-electron chi connectivity index (χ2n) is 10.4. The maximum absolute atomic E-state index is 14.1. The Kier molecular flexibility index (Phi) is 8.72. The number of nitrogens with zero attached hydrogens (tertiary/aromatic N) is 2. The Morgan fingerprint density at radius 3 is 2.51 bits per heavy atom.